The standard InChI is InChI=1S/C57H60O9/c1-38(37-58)48-27-25-40-19-21-43(22-20-40)34-45(24-23-42-16-10-17-44(33-42)32-41-14-8-5-9-15-41)35-50(59)63-53-51-49(28-26-46-36-47(29-31-62-3)55(60)64-52(46)51)66-57(2,54(53)65-56(48)61)30-11-18-39-12-6-4-7-13-39/h4-10,12-17,19-22,26,28,33,36,45,53-54,58H,11,18,23-25,27,29-32,34-35,37H2,1-3H3/b48-38-/t45-,53+,54-,57-/m0/s1. The van der Waals surface area contributed by atoms with Gasteiger partial charge in [0.2, 0.25) is 0 Å². The summed E-state index contributed by atoms with van der Waals surface area (Å²) in [5.41, 5.74) is 7.04. The van der Waals surface area contributed by atoms with Gasteiger partial charge in [-0.2, -0.15) is 0 Å². The molecule has 66 heavy (non-hydrogen) atoms. The summed E-state index contributed by atoms with van der Waals surface area (Å²) in [7, 11) is 1.58. The van der Waals surface area contributed by atoms with Crippen molar-refractivity contribution in [3.63, 3.8) is 0 Å². The average molecular weight is 889 g/mol. The molecule has 2 bridgehead atoms. The summed E-state index contributed by atoms with van der Waals surface area (Å²) in [5.74, 6) is -0.813. The minimum Gasteiger partial charge on any atom is -0.483 e. The van der Waals surface area contributed by atoms with Crippen LogP contribution in [0.15, 0.2) is 148 Å². The van der Waals surface area contributed by atoms with E-state index in [0.717, 1.165) is 42.4 Å². The van der Waals surface area contributed by atoms with E-state index < -0.39 is 35.4 Å². The lowest BCUT2D eigenvalue weighted by molar-refractivity contribution is -0.192. The van der Waals surface area contributed by atoms with Crippen molar-refractivity contribution >= 4 is 22.9 Å². The smallest absolute Gasteiger partial charge is 0.339 e. The largest absolute Gasteiger partial charge is 0.483 e. The number of carbonyl (C=O) groups excluding carboxylic acids is 2. The highest BCUT2D eigenvalue weighted by Crippen LogP contribution is 2.49. The summed E-state index contributed by atoms with van der Waals surface area (Å²) in [6.07, 6.45) is 3.73. The molecule has 9 rings (SSSR count). The van der Waals surface area contributed by atoms with Crippen LogP contribution < -0.4 is 10.4 Å². The first-order valence-electron chi connectivity index (χ1n) is 23.3. The van der Waals surface area contributed by atoms with Crippen molar-refractivity contribution in [2.75, 3.05) is 20.3 Å². The van der Waals surface area contributed by atoms with Gasteiger partial charge in [0.15, 0.2) is 12.2 Å². The third-order valence-electron chi connectivity index (χ3n) is 13.3. The van der Waals surface area contributed by atoms with Gasteiger partial charge < -0.3 is 28.5 Å². The Kier molecular flexibility index (Phi) is 15.0. The molecule has 0 saturated carbocycles. The Labute approximate surface area is 387 Å². The van der Waals surface area contributed by atoms with Crippen LogP contribution in [0.1, 0.15) is 96.6 Å². The van der Waals surface area contributed by atoms with Crippen LogP contribution in [0.25, 0.3) is 11.0 Å². The molecule has 0 unspecified atom stereocenters. The summed E-state index contributed by atoms with van der Waals surface area (Å²) in [6.45, 7) is 3.62. The van der Waals surface area contributed by atoms with Crippen molar-refractivity contribution in [1.29, 1.82) is 0 Å². The Morgan fingerprint density at radius 1 is 0.742 bits per heavy atom. The minimum atomic E-state index is -1.21. The fourth-order valence-electron chi connectivity index (χ4n) is 9.56. The van der Waals surface area contributed by atoms with Gasteiger partial charge in [0, 0.05) is 36.5 Å². The number of aliphatic hydroxyl groups excluding tert-OH is 1. The SMILES string of the molecule is COCCc1cc2ccc3c(c2oc1=O)[C@H]1OC(=O)C[C@@H](CCc2cccc(Cc4ccccc4)c2)Cc2ccc(cc2)CC/C(=C(\C)CO)C(=O)O[C@@H]1[C@](C)(CCCc1ccccc1)O3. The molecule has 1 aromatic heterocycles. The maximum atomic E-state index is 14.8. The molecule has 5 aromatic carbocycles. The first kappa shape index (κ1) is 46.2. The second-order valence-electron chi connectivity index (χ2n) is 18.2. The van der Waals surface area contributed by atoms with Gasteiger partial charge in [0.25, 0.3) is 0 Å². The van der Waals surface area contributed by atoms with E-state index in [4.69, 9.17) is 23.4 Å². The Bertz CT molecular complexity index is 2700. The average Bonchev–Trinajstić information content (AvgIpc) is 3.32. The molecule has 342 valence electrons. The van der Waals surface area contributed by atoms with Crippen molar-refractivity contribution in [3.05, 3.63) is 193 Å². The van der Waals surface area contributed by atoms with Gasteiger partial charge in [-0.1, -0.05) is 109 Å². The molecule has 0 radical (unpaired) electrons. The van der Waals surface area contributed by atoms with Gasteiger partial charge in [0.1, 0.15) is 16.9 Å². The van der Waals surface area contributed by atoms with Crippen LogP contribution in [-0.2, 0) is 62.3 Å². The van der Waals surface area contributed by atoms with Gasteiger partial charge in [-0.05, 0) is 135 Å². The van der Waals surface area contributed by atoms with Crippen LogP contribution in [-0.4, -0.2) is 49.1 Å². The van der Waals surface area contributed by atoms with E-state index in [1.165, 1.54) is 16.7 Å². The van der Waals surface area contributed by atoms with Crippen molar-refractivity contribution in [2.45, 2.75) is 102 Å². The zero-order valence-corrected chi connectivity index (χ0v) is 38.3. The molecule has 4 atom stereocenters. The number of rotatable bonds is 13. The van der Waals surface area contributed by atoms with E-state index in [2.05, 4.69) is 84.9 Å². The molecular weight excluding hydrogens is 829 g/mol. The first-order chi connectivity index (χ1) is 32.1. The normalized spacial score (nSPS) is 20.8. The minimum absolute atomic E-state index is 0.0915. The Balaban J connectivity index is 1.19. The fraction of sp³-hybridized carbons (Fsp3) is 0.351. The van der Waals surface area contributed by atoms with Crippen LogP contribution >= 0.6 is 0 Å². The summed E-state index contributed by atoms with van der Waals surface area (Å²) in [6, 6.07) is 43.0. The summed E-state index contributed by atoms with van der Waals surface area (Å²) < 4.78 is 31.7. The highest BCUT2D eigenvalue weighted by Gasteiger charge is 2.52. The molecule has 1 N–H and O–H groups in total. The molecule has 9 heteroatoms. The van der Waals surface area contributed by atoms with Crippen molar-refractivity contribution < 1.29 is 38.1 Å². The number of benzene rings is 5. The number of aryl methyl sites for hydroxylation is 3. The van der Waals surface area contributed by atoms with Crippen LogP contribution in [0.5, 0.6) is 5.75 Å². The molecule has 3 aliphatic rings. The van der Waals surface area contributed by atoms with Crippen LogP contribution in [0.2, 0.25) is 0 Å². The second-order valence-corrected chi connectivity index (χ2v) is 18.2. The molecular formula is C57H60O9. The number of esters is 2. The predicted octanol–water partition coefficient (Wildman–Crippen LogP) is 10.4. The molecule has 4 heterocycles. The van der Waals surface area contributed by atoms with Crippen molar-refractivity contribution in [3.8, 4) is 5.75 Å². The topological polar surface area (TPSA) is 122 Å². The van der Waals surface area contributed by atoms with Crippen LogP contribution in [0.3, 0.4) is 0 Å². The van der Waals surface area contributed by atoms with Gasteiger partial charge >= 0.3 is 17.6 Å². The Morgan fingerprint density at radius 3 is 2.20 bits per heavy atom. The predicted molar refractivity (Wildman–Crippen MR) is 256 cm³/mol. The summed E-state index contributed by atoms with van der Waals surface area (Å²) >= 11 is 0. The van der Waals surface area contributed by atoms with E-state index in [0.29, 0.717) is 78.5 Å². The van der Waals surface area contributed by atoms with Gasteiger partial charge in [-0.3, -0.25) is 4.79 Å². The number of methoxy groups -OCH3 is 1. The second kappa shape index (κ2) is 21.3. The van der Waals surface area contributed by atoms with E-state index in [-0.39, 0.29) is 24.5 Å². The summed E-state index contributed by atoms with van der Waals surface area (Å²) in [5, 5.41) is 11.0. The maximum Gasteiger partial charge on any atom is 0.339 e. The number of ether oxygens (including phenoxy) is 4. The molecule has 0 aliphatic carbocycles. The van der Waals surface area contributed by atoms with Gasteiger partial charge in [-0.15, -0.1) is 0 Å². The quantitative estimate of drug-likeness (QED) is 0.0686. The molecule has 9 nitrogen and oxygen atoms in total. The molecule has 6 aromatic rings. The monoisotopic (exact) mass is 888 g/mol. The highest BCUT2D eigenvalue weighted by molar-refractivity contribution is 5.90. The summed E-state index contributed by atoms with van der Waals surface area (Å²) in [4.78, 5) is 43.1. The lowest BCUT2D eigenvalue weighted by atomic mass is 9.82. The van der Waals surface area contributed by atoms with Gasteiger partial charge in [0.05, 0.1) is 18.8 Å². The third kappa shape index (κ3) is 11.2. The highest BCUT2D eigenvalue weighted by atomic mass is 16.6. The molecule has 0 saturated heterocycles. The number of aliphatic hydroxyl groups is 1. The fourth-order valence-corrected chi connectivity index (χ4v) is 9.56. The molecule has 0 spiro atoms. The van der Waals surface area contributed by atoms with Crippen LogP contribution in [0, 0.1) is 5.92 Å². The number of hydrogen-bond acceptors (Lipinski definition) is 9. The number of hydrogen-bond donors (Lipinski definition) is 1. The molecule has 3 aliphatic heterocycles. The van der Waals surface area contributed by atoms with E-state index in [1.807, 2.05) is 43.3 Å². The number of fused-ring (bicyclic) bond motifs is 13. The Hall–Kier alpha value is -6.29. The van der Waals surface area contributed by atoms with E-state index in [1.54, 1.807) is 20.1 Å². The van der Waals surface area contributed by atoms with Crippen LogP contribution in [0.4, 0.5) is 0 Å². The number of carbonyl (C=O) groups is 2. The zero-order valence-electron chi connectivity index (χ0n) is 38.3. The van der Waals surface area contributed by atoms with Crippen molar-refractivity contribution in [1.82, 2.24) is 0 Å². The molecule has 0 fully saturated rings. The maximum absolute atomic E-state index is 14.8. The Morgan fingerprint density at radius 2 is 1.45 bits per heavy atom. The van der Waals surface area contributed by atoms with Crippen molar-refractivity contribution in [2.24, 2.45) is 5.92 Å². The van der Waals surface area contributed by atoms with E-state index in [9.17, 15) is 19.5 Å². The lowest BCUT2D eigenvalue weighted by Crippen LogP contribution is -2.54. The lowest BCUT2D eigenvalue weighted by Gasteiger charge is -2.45. The zero-order chi connectivity index (χ0) is 46.0. The molecule has 0 amide bonds. The van der Waals surface area contributed by atoms with E-state index >= 15 is 0 Å². The first-order valence-corrected chi connectivity index (χ1v) is 23.3. The van der Waals surface area contributed by atoms with Gasteiger partial charge in [-0.25, -0.2) is 9.59 Å². The third-order valence-corrected chi connectivity index (χ3v) is 13.3.